The molecule has 3 nitrogen and oxygen atoms in total. The summed E-state index contributed by atoms with van der Waals surface area (Å²) < 4.78 is 10.5. The van der Waals surface area contributed by atoms with Gasteiger partial charge in [0.2, 0.25) is 0 Å². The van der Waals surface area contributed by atoms with Gasteiger partial charge in [-0.1, -0.05) is 35.9 Å². The van der Waals surface area contributed by atoms with Gasteiger partial charge in [0.15, 0.2) is 0 Å². The largest absolute Gasteiger partial charge is 0.497 e. The molecule has 0 aliphatic heterocycles. The number of fused-ring (bicyclic) bond motifs is 1. The molecule has 3 rings (SSSR count). The van der Waals surface area contributed by atoms with Crippen LogP contribution in [0.1, 0.15) is 16.7 Å². The number of ether oxygens (including phenoxy) is 1. The van der Waals surface area contributed by atoms with E-state index in [2.05, 4.69) is 0 Å². The van der Waals surface area contributed by atoms with Gasteiger partial charge in [0.05, 0.1) is 12.7 Å². The molecule has 1 aromatic heterocycles. The molecule has 2 aromatic carbocycles. The molecule has 0 bridgehead atoms. The van der Waals surface area contributed by atoms with Gasteiger partial charge < -0.3 is 9.15 Å². The molecule has 1 heterocycles. The molecular formula is C19H16O3. The maximum atomic E-state index is 12.0. The summed E-state index contributed by atoms with van der Waals surface area (Å²) in [5.41, 5.74) is 2.94. The van der Waals surface area contributed by atoms with Gasteiger partial charge in [-0.25, -0.2) is 4.79 Å². The van der Waals surface area contributed by atoms with E-state index in [4.69, 9.17) is 9.15 Å². The maximum Gasteiger partial charge on any atom is 0.343 e. The Kier molecular flexibility index (Phi) is 3.79. The predicted molar refractivity (Wildman–Crippen MR) is 89.1 cm³/mol. The van der Waals surface area contributed by atoms with E-state index in [9.17, 15) is 4.79 Å². The molecule has 0 amide bonds. The first-order valence-electron chi connectivity index (χ1n) is 7.02. The van der Waals surface area contributed by atoms with Gasteiger partial charge in [-0.05, 0) is 36.8 Å². The fourth-order valence-corrected chi connectivity index (χ4v) is 2.21. The summed E-state index contributed by atoms with van der Waals surface area (Å²) in [6.07, 6.45) is 3.68. The molecule has 0 saturated heterocycles. The third-order valence-electron chi connectivity index (χ3n) is 3.50. The second-order valence-corrected chi connectivity index (χ2v) is 5.14. The fourth-order valence-electron chi connectivity index (χ4n) is 2.21. The van der Waals surface area contributed by atoms with Gasteiger partial charge >= 0.3 is 5.63 Å². The highest BCUT2D eigenvalue weighted by atomic mass is 16.5. The van der Waals surface area contributed by atoms with E-state index in [1.165, 1.54) is 5.56 Å². The predicted octanol–water partition coefficient (Wildman–Crippen LogP) is 4.28. The normalized spacial score (nSPS) is 11.2. The molecule has 0 saturated carbocycles. The molecule has 3 aromatic rings. The van der Waals surface area contributed by atoms with Crippen LogP contribution in [0.5, 0.6) is 5.75 Å². The van der Waals surface area contributed by atoms with E-state index < -0.39 is 0 Å². The molecule has 0 spiro atoms. The monoisotopic (exact) mass is 292 g/mol. The van der Waals surface area contributed by atoms with Crippen LogP contribution in [0.4, 0.5) is 0 Å². The lowest BCUT2D eigenvalue weighted by molar-refractivity contribution is 0.414. The molecule has 0 aliphatic carbocycles. The van der Waals surface area contributed by atoms with E-state index in [1.807, 2.05) is 55.5 Å². The molecule has 0 unspecified atom stereocenters. The van der Waals surface area contributed by atoms with Crippen LogP contribution in [0.2, 0.25) is 0 Å². The lowest BCUT2D eigenvalue weighted by atomic mass is 10.1. The van der Waals surface area contributed by atoms with E-state index in [-0.39, 0.29) is 5.63 Å². The first-order valence-corrected chi connectivity index (χ1v) is 7.02. The molecule has 0 atom stereocenters. The average Bonchev–Trinajstić information content (AvgIpc) is 2.54. The number of hydrogen-bond donors (Lipinski definition) is 0. The van der Waals surface area contributed by atoms with Crippen LogP contribution in [-0.2, 0) is 0 Å². The topological polar surface area (TPSA) is 39.4 Å². The Balaban J connectivity index is 1.98. The number of hydrogen-bond acceptors (Lipinski definition) is 3. The molecule has 0 fully saturated rings. The highest BCUT2D eigenvalue weighted by molar-refractivity contribution is 5.81. The Hall–Kier alpha value is -2.81. The smallest absolute Gasteiger partial charge is 0.343 e. The summed E-state index contributed by atoms with van der Waals surface area (Å²) >= 11 is 0. The van der Waals surface area contributed by atoms with Crippen molar-refractivity contribution in [3.8, 4) is 5.75 Å². The van der Waals surface area contributed by atoms with Gasteiger partial charge in [0.1, 0.15) is 11.3 Å². The van der Waals surface area contributed by atoms with Crippen LogP contribution >= 0.6 is 0 Å². The third-order valence-corrected chi connectivity index (χ3v) is 3.50. The van der Waals surface area contributed by atoms with Crippen LogP contribution in [0.25, 0.3) is 23.1 Å². The first kappa shape index (κ1) is 14.1. The molecule has 22 heavy (non-hydrogen) atoms. The van der Waals surface area contributed by atoms with Crippen molar-refractivity contribution in [3.63, 3.8) is 0 Å². The summed E-state index contributed by atoms with van der Waals surface area (Å²) in [7, 11) is 1.58. The highest BCUT2D eigenvalue weighted by Crippen LogP contribution is 2.20. The quantitative estimate of drug-likeness (QED) is 0.676. The summed E-state index contributed by atoms with van der Waals surface area (Å²) in [6.45, 7) is 2.04. The van der Waals surface area contributed by atoms with Gasteiger partial charge in [-0.3, -0.25) is 0 Å². The molecule has 0 aliphatic rings. The Bertz CT molecular complexity index is 887. The molecule has 3 heteroatoms. The molecular weight excluding hydrogens is 276 g/mol. The Morgan fingerprint density at radius 2 is 1.77 bits per heavy atom. The van der Waals surface area contributed by atoms with E-state index in [0.717, 1.165) is 10.9 Å². The number of benzene rings is 2. The molecule has 110 valence electrons. The minimum Gasteiger partial charge on any atom is -0.497 e. The second-order valence-electron chi connectivity index (χ2n) is 5.14. The highest BCUT2D eigenvalue weighted by Gasteiger charge is 2.04. The average molecular weight is 292 g/mol. The van der Waals surface area contributed by atoms with Gasteiger partial charge in [-0.2, -0.15) is 0 Å². The van der Waals surface area contributed by atoms with Crippen LogP contribution in [0, 0.1) is 6.92 Å². The van der Waals surface area contributed by atoms with Crippen molar-refractivity contribution in [1.29, 1.82) is 0 Å². The van der Waals surface area contributed by atoms with Crippen LogP contribution < -0.4 is 10.4 Å². The number of rotatable bonds is 3. The second kappa shape index (κ2) is 5.90. The number of aryl methyl sites for hydroxylation is 1. The third kappa shape index (κ3) is 2.93. The SMILES string of the molecule is COc1ccc2cc(/C=C/c3ccc(C)cc3)c(=O)oc2c1. The standard InChI is InChI=1S/C19H16O3/c1-13-3-5-14(6-4-13)7-8-16-11-15-9-10-17(21-2)12-18(15)22-19(16)20/h3-12H,1-2H3/b8-7+. The molecule has 0 radical (unpaired) electrons. The Morgan fingerprint density at radius 1 is 1.00 bits per heavy atom. The zero-order valence-electron chi connectivity index (χ0n) is 12.5. The summed E-state index contributed by atoms with van der Waals surface area (Å²) in [5, 5.41) is 0.865. The van der Waals surface area contributed by atoms with Crippen molar-refractivity contribution in [2.45, 2.75) is 6.92 Å². The minimum absolute atomic E-state index is 0.357. The van der Waals surface area contributed by atoms with Gasteiger partial charge in [0.25, 0.3) is 0 Å². The first-order chi connectivity index (χ1) is 10.7. The zero-order chi connectivity index (χ0) is 15.5. The molecule has 0 N–H and O–H groups in total. The Labute approximate surface area is 128 Å². The van der Waals surface area contributed by atoms with Gasteiger partial charge in [-0.15, -0.1) is 0 Å². The van der Waals surface area contributed by atoms with Crippen molar-refractivity contribution < 1.29 is 9.15 Å². The van der Waals surface area contributed by atoms with Gasteiger partial charge in [0, 0.05) is 11.5 Å². The van der Waals surface area contributed by atoms with Crippen molar-refractivity contribution in [2.75, 3.05) is 7.11 Å². The van der Waals surface area contributed by atoms with E-state index >= 15 is 0 Å². The van der Waals surface area contributed by atoms with Crippen molar-refractivity contribution in [3.05, 3.63) is 75.6 Å². The lowest BCUT2D eigenvalue weighted by Crippen LogP contribution is -2.02. The Morgan fingerprint density at radius 3 is 2.50 bits per heavy atom. The number of methoxy groups -OCH3 is 1. The minimum atomic E-state index is -0.357. The van der Waals surface area contributed by atoms with E-state index in [0.29, 0.717) is 16.9 Å². The zero-order valence-corrected chi connectivity index (χ0v) is 12.5. The van der Waals surface area contributed by atoms with Crippen molar-refractivity contribution in [2.24, 2.45) is 0 Å². The maximum absolute atomic E-state index is 12.0. The van der Waals surface area contributed by atoms with Crippen LogP contribution in [0.3, 0.4) is 0 Å². The van der Waals surface area contributed by atoms with Crippen LogP contribution in [-0.4, -0.2) is 7.11 Å². The van der Waals surface area contributed by atoms with Crippen molar-refractivity contribution in [1.82, 2.24) is 0 Å². The lowest BCUT2D eigenvalue weighted by Gasteiger charge is -2.02. The summed E-state index contributed by atoms with van der Waals surface area (Å²) in [6, 6.07) is 15.4. The van der Waals surface area contributed by atoms with E-state index in [1.54, 1.807) is 19.3 Å². The van der Waals surface area contributed by atoms with Crippen molar-refractivity contribution >= 4 is 23.1 Å². The van der Waals surface area contributed by atoms with Crippen LogP contribution in [0.15, 0.2) is 57.7 Å². The summed E-state index contributed by atoms with van der Waals surface area (Å²) in [4.78, 5) is 12.0. The fraction of sp³-hybridized carbons (Fsp3) is 0.105. The summed E-state index contributed by atoms with van der Waals surface area (Å²) in [5.74, 6) is 0.665.